The zero-order valence-electron chi connectivity index (χ0n) is 5.63. The summed E-state index contributed by atoms with van der Waals surface area (Å²) in [6.45, 7) is 0. The van der Waals surface area contributed by atoms with E-state index in [1.807, 2.05) is 0 Å². The molecule has 0 amide bonds. The van der Waals surface area contributed by atoms with Crippen molar-refractivity contribution in [1.82, 2.24) is 4.98 Å². The Kier molecular flexibility index (Phi) is 2.45. The first-order valence-corrected chi connectivity index (χ1v) is 4.26. The molecule has 0 radical (unpaired) electrons. The fourth-order valence-electron chi connectivity index (χ4n) is 0.536. The van der Waals surface area contributed by atoms with Crippen LogP contribution in [0.15, 0.2) is 4.60 Å². The zero-order chi connectivity index (χ0) is 8.43. The summed E-state index contributed by atoms with van der Waals surface area (Å²) in [5, 5.41) is 0.345. The number of halogens is 1. The van der Waals surface area contributed by atoms with Gasteiger partial charge in [-0.05, 0) is 15.9 Å². The van der Waals surface area contributed by atoms with Crippen LogP contribution >= 0.6 is 27.3 Å². The van der Waals surface area contributed by atoms with Gasteiger partial charge in [-0.2, -0.15) is 0 Å². The summed E-state index contributed by atoms with van der Waals surface area (Å²) >= 11 is 4.17. The van der Waals surface area contributed by atoms with Gasteiger partial charge in [0.2, 0.25) is 0 Å². The fourth-order valence-corrected chi connectivity index (χ4v) is 1.89. The van der Waals surface area contributed by atoms with Gasteiger partial charge in [-0.3, -0.25) is 0 Å². The second-order valence-electron chi connectivity index (χ2n) is 1.66. The lowest BCUT2D eigenvalue weighted by atomic mass is 10.6. The zero-order valence-corrected chi connectivity index (χ0v) is 8.03. The van der Waals surface area contributed by atoms with Crippen molar-refractivity contribution in [1.29, 1.82) is 0 Å². The Morgan fingerprint density at radius 1 is 1.82 bits per heavy atom. The van der Waals surface area contributed by atoms with E-state index in [-0.39, 0.29) is 0 Å². The largest absolute Gasteiger partial charge is 0.465 e. The number of nitrogens with zero attached hydrogens (tertiary/aromatic N) is 1. The summed E-state index contributed by atoms with van der Waals surface area (Å²) in [7, 11) is 1.31. The van der Waals surface area contributed by atoms with Crippen molar-refractivity contribution in [2.75, 3.05) is 12.8 Å². The predicted octanol–water partition coefficient (Wildman–Crippen LogP) is 1.27. The van der Waals surface area contributed by atoms with Crippen LogP contribution in [0.1, 0.15) is 9.67 Å². The van der Waals surface area contributed by atoms with Gasteiger partial charge in [0.25, 0.3) is 0 Å². The van der Waals surface area contributed by atoms with Crippen molar-refractivity contribution in [3.63, 3.8) is 0 Å². The molecular formula is C5H5BrN2O2S. The monoisotopic (exact) mass is 236 g/mol. The predicted molar refractivity (Wildman–Crippen MR) is 45.6 cm³/mol. The van der Waals surface area contributed by atoms with Gasteiger partial charge in [0.1, 0.15) is 9.48 Å². The molecule has 0 atom stereocenters. The van der Waals surface area contributed by atoms with Gasteiger partial charge in [-0.25, -0.2) is 9.78 Å². The molecule has 0 unspecified atom stereocenters. The number of thiazole rings is 1. The average Bonchev–Trinajstić information content (AvgIpc) is 2.28. The molecule has 0 aromatic carbocycles. The molecule has 0 bridgehead atoms. The van der Waals surface area contributed by atoms with Crippen LogP contribution in [0.3, 0.4) is 0 Å². The van der Waals surface area contributed by atoms with E-state index in [0.717, 1.165) is 11.3 Å². The Balaban J connectivity index is 3.03. The third kappa shape index (κ3) is 1.69. The topological polar surface area (TPSA) is 65.2 Å². The van der Waals surface area contributed by atoms with Crippen molar-refractivity contribution in [3.05, 3.63) is 9.48 Å². The Morgan fingerprint density at radius 3 is 2.82 bits per heavy atom. The van der Waals surface area contributed by atoms with Crippen LogP contribution in [0.25, 0.3) is 0 Å². The number of anilines is 1. The number of nitrogens with two attached hydrogens (primary N) is 1. The van der Waals surface area contributed by atoms with Gasteiger partial charge in [-0.1, -0.05) is 11.3 Å². The highest BCUT2D eigenvalue weighted by molar-refractivity contribution is 9.10. The number of ether oxygens (including phenoxy) is 1. The highest BCUT2D eigenvalue weighted by Gasteiger charge is 2.14. The molecule has 0 saturated carbocycles. The van der Waals surface area contributed by atoms with Crippen LogP contribution in [0, 0.1) is 0 Å². The molecular weight excluding hydrogens is 232 g/mol. The number of rotatable bonds is 1. The number of esters is 1. The van der Waals surface area contributed by atoms with Gasteiger partial charge < -0.3 is 10.5 Å². The van der Waals surface area contributed by atoms with Crippen LogP contribution in [-0.2, 0) is 4.74 Å². The van der Waals surface area contributed by atoms with Crippen molar-refractivity contribution >= 4 is 38.4 Å². The molecule has 0 aliphatic rings. The van der Waals surface area contributed by atoms with Gasteiger partial charge >= 0.3 is 5.97 Å². The normalized spacial score (nSPS) is 9.64. The third-order valence-corrected chi connectivity index (χ3v) is 2.67. The highest BCUT2D eigenvalue weighted by atomic mass is 79.9. The van der Waals surface area contributed by atoms with Gasteiger partial charge in [-0.15, -0.1) is 0 Å². The van der Waals surface area contributed by atoms with Crippen LogP contribution in [-0.4, -0.2) is 18.1 Å². The smallest absolute Gasteiger partial charge is 0.350 e. The minimum absolute atomic E-state index is 0.345. The molecule has 0 aliphatic carbocycles. The lowest BCUT2D eigenvalue weighted by Gasteiger charge is -1.91. The Labute approximate surface area is 75.5 Å². The minimum atomic E-state index is -0.425. The van der Waals surface area contributed by atoms with Crippen LogP contribution in [0.4, 0.5) is 5.13 Å². The van der Waals surface area contributed by atoms with E-state index in [1.165, 1.54) is 7.11 Å². The number of methoxy groups -OCH3 is 1. The minimum Gasteiger partial charge on any atom is -0.465 e. The fraction of sp³-hybridized carbons (Fsp3) is 0.200. The molecule has 1 rings (SSSR count). The molecule has 60 valence electrons. The molecule has 0 spiro atoms. The van der Waals surface area contributed by atoms with Crippen molar-refractivity contribution in [2.45, 2.75) is 0 Å². The van der Waals surface area contributed by atoms with E-state index in [9.17, 15) is 4.79 Å². The molecule has 11 heavy (non-hydrogen) atoms. The van der Waals surface area contributed by atoms with E-state index in [0.29, 0.717) is 14.6 Å². The Bertz CT molecular complexity index is 286. The summed E-state index contributed by atoms with van der Waals surface area (Å²) in [6, 6.07) is 0. The first-order chi connectivity index (χ1) is 5.15. The lowest BCUT2D eigenvalue weighted by molar-refractivity contribution is 0.0605. The van der Waals surface area contributed by atoms with Gasteiger partial charge in [0.15, 0.2) is 5.13 Å². The first kappa shape index (κ1) is 8.48. The number of carbonyl (C=O) groups is 1. The second kappa shape index (κ2) is 3.19. The summed E-state index contributed by atoms with van der Waals surface area (Å²) in [5.74, 6) is -0.425. The van der Waals surface area contributed by atoms with Crippen molar-refractivity contribution < 1.29 is 9.53 Å². The van der Waals surface area contributed by atoms with E-state index in [1.54, 1.807) is 0 Å². The van der Waals surface area contributed by atoms with Crippen LogP contribution < -0.4 is 5.73 Å². The van der Waals surface area contributed by atoms with E-state index in [2.05, 4.69) is 25.7 Å². The average molecular weight is 237 g/mol. The molecule has 0 aliphatic heterocycles. The maximum atomic E-state index is 10.9. The maximum Gasteiger partial charge on any atom is 0.350 e. The molecule has 1 aromatic rings. The maximum absolute atomic E-state index is 10.9. The van der Waals surface area contributed by atoms with Gasteiger partial charge in [0, 0.05) is 0 Å². The van der Waals surface area contributed by atoms with E-state index < -0.39 is 5.97 Å². The molecule has 6 heteroatoms. The molecule has 0 saturated heterocycles. The molecule has 0 fully saturated rings. The lowest BCUT2D eigenvalue weighted by Crippen LogP contribution is -1.98. The number of hydrogen-bond donors (Lipinski definition) is 1. The molecule has 2 N–H and O–H groups in total. The Hall–Kier alpha value is -0.620. The molecule has 4 nitrogen and oxygen atoms in total. The van der Waals surface area contributed by atoms with E-state index >= 15 is 0 Å². The first-order valence-electron chi connectivity index (χ1n) is 2.65. The standard InChI is InChI=1S/C5H5BrN2O2S/c1-10-4(9)2-3(6)8-5(7)11-2/h1H3,(H2,7,8). The SMILES string of the molecule is COC(=O)c1sc(N)nc1Br. The number of nitrogen functional groups attached to an aromatic ring is 1. The summed E-state index contributed by atoms with van der Waals surface area (Å²) in [5.41, 5.74) is 5.34. The number of hydrogen-bond acceptors (Lipinski definition) is 5. The number of carbonyl (C=O) groups excluding carboxylic acids is 1. The number of aromatic nitrogens is 1. The summed E-state index contributed by atoms with van der Waals surface area (Å²) in [4.78, 5) is 15.1. The van der Waals surface area contributed by atoms with Gasteiger partial charge in [0.05, 0.1) is 7.11 Å². The summed E-state index contributed by atoms with van der Waals surface area (Å²) < 4.78 is 4.91. The molecule has 1 aromatic heterocycles. The second-order valence-corrected chi connectivity index (χ2v) is 3.45. The highest BCUT2D eigenvalue weighted by Crippen LogP contribution is 2.25. The summed E-state index contributed by atoms with van der Waals surface area (Å²) in [6.07, 6.45) is 0. The van der Waals surface area contributed by atoms with Crippen LogP contribution in [0.2, 0.25) is 0 Å². The van der Waals surface area contributed by atoms with E-state index in [4.69, 9.17) is 5.73 Å². The quantitative estimate of drug-likeness (QED) is 0.747. The molecule has 1 heterocycles. The van der Waals surface area contributed by atoms with Crippen molar-refractivity contribution in [3.8, 4) is 0 Å². The third-order valence-electron chi connectivity index (χ3n) is 0.973. The Morgan fingerprint density at radius 2 is 2.45 bits per heavy atom. The van der Waals surface area contributed by atoms with Crippen LogP contribution in [0.5, 0.6) is 0 Å². The van der Waals surface area contributed by atoms with Crippen molar-refractivity contribution in [2.24, 2.45) is 0 Å².